The minimum atomic E-state index is -4.53. The lowest BCUT2D eigenvalue weighted by atomic mass is 10.1. The number of thiophene rings is 1. The molecule has 7 heteroatoms. The van der Waals surface area contributed by atoms with Crippen molar-refractivity contribution >= 4 is 27.3 Å². The molecule has 0 aliphatic carbocycles. The van der Waals surface area contributed by atoms with E-state index in [1.165, 1.54) is 11.3 Å². The Balaban J connectivity index is 2.00. The first-order valence-electron chi connectivity index (χ1n) is 5.65. The topological polar surface area (TPSA) is 12.0 Å². The fraction of sp³-hybridized carbons (Fsp3) is 0.231. The minimum Gasteiger partial charge on any atom is -0.308 e. The maximum atomic E-state index is 13.2. The van der Waals surface area contributed by atoms with Gasteiger partial charge in [0.2, 0.25) is 0 Å². The van der Waals surface area contributed by atoms with E-state index < -0.39 is 17.6 Å². The van der Waals surface area contributed by atoms with Gasteiger partial charge in [0.15, 0.2) is 0 Å². The van der Waals surface area contributed by atoms with Crippen LogP contribution in [0.1, 0.15) is 16.0 Å². The Labute approximate surface area is 125 Å². The molecule has 108 valence electrons. The Kier molecular flexibility index (Phi) is 4.82. The van der Waals surface area contributed by atoms with Crippen molar-refractivity contribution in [1.82, 2.24) is 5.32 Å². The smallest absolute Gasteiger partial charge is 0.308 e. The zero-order valence-electron chi connectivity index (χ0n) is 10.1. The van der Waals surface area contributed by atoms with E-state index in [1.807, 2.05) is 11.4 Å². The van der Waals surface area contributed by atoms with Gasteiger partial charge in [0.05, 0.1) is 5.56 Å². The SMILES string of the molecule is Fc1cc(CNCc2cc(Br)cs2)cc(C(F)(F)F)c1. The lowest BCUT2D eigenvalue weighted by Crippen LogP contribution is -2.13. The van der Waals surface area contributed by atoms with Gasteiger partial charge >= 0.3 is 6.18 Å². The van der Waals surface area contributed by atoms with Crippen LogP contribution >= 0.6 is 27.3 Å². The molecule has 2 aromatic rings. The molecular formula is C13H10BrF4NS. The molecule has 0 bridgehead atoms. The lowest BCUT2D eigenvalue weighted by molar-refractivity contribution is -0.137. The Morgan fingerprint density at radius 3 is 2.45 bits per heavy atom. The highest BCUT2D eigenvalue weighted by atomic mass is 79.9. The van der Waals surface area contributed by atoms with Gasteiger partial charge in [-0.15, -0.1) is 11.3 Å². The first kappa shape index (κ1) is 15.5. The molecule has 0 aliphatic rings. The van der Waals surface area contributed by atoms with E-state index >= 15 is 0 Å². The zero-order chi connectivity index (χ0) is 14.8. The summed E-state index contributed by atoms with van der Waals surface area (Å²) in [7, 11) is 0. The van der Waals surface area contributed by atoms with Crippen molar-refractivity contribution < 1.29 is 17.6 Å². The number of halogens is 5. The first-order chi connectivity index (χ1) is 9.34. The summed E-state index contributed by atoms with van der Waals surface area (Å²) in [5, 5.41) is 4.91. The number of alkyl halides is 3. The molecule has 0 unspecified atom stereocenters. The molecule has 0 saturated heterocycles. The normalized spacial score (nSPS) is 11.8. The van der Waals surface area contributed by atoms with Crippen molar-refractivity contribution in [3.05, 3.63) is 55.9 Å². The van der Waals surface area contributed by atoms with Crippen molar-refractivity contribution in [3.8, 4) is 0 Å². The Morgan fingerprint density at radius 2 is 1.85 bits per heavy atom. The quantitative estimate of drug-likeness (QED) is 0.753. The maximum Gasteiger partial charge on any atom is 0.416 e. The summed E-state index contributed by atoms with van der Waals surface area (Å²) >= 11 is 4.85. The monoisotopic (exact) mass is 367 g/mol. The summed E-state index contributed by atoms with van der Waals surface area (Å²) in [5.41, 5.74) is -0.693. The molecule has 1 aromatic carbocycles. The molecule has 0 spiro atoms. The molecule has 0 atom stereocenters. The molecular weight excluding hydrogens is 358 g/mol. The van der Waals surface area contributed by atoms with Crippen LogP contribution in [0.5, 0.6) is 0 Å². The summed E-state index contributed by atoms with van der Waals surface area (Å²) in [4.78, 5) is 1.05. The predicted octanol–water partition coefficient (Wildman–Crippen LogP) is 4.96. The van der Waals surface area contributed by atoms with Crippen LogP contribution < -0.4 is 5.32 Å². The predicted molar refractivity (Wildman–Crippen MR) is 74.0 cm³/mol. The standard InChI is InChI=1S/C13H10BrF4NS/c14-10-4-12(20-7-10)6-19-5-8-1-9(13(16,17)18)3-11(15)2-8/h1-4,7,19H,5-6H2. The van der Waals surface area contributed by atoms with Crippen molar-refractivity contribution in [2.45, 2.75) is 19.3 Å². The molecule has 0 amide bonds. The number of hydrogen-bond donors (Lipinski definition) is 1. The summed E-state index contributed by atoms with van der Waals surface area (Å²) < 4.78 is 51.8. The van der Waals surface area contributed by atoms with Crippen LogP contribution in [0.3, 0.4) is 0 Å². The average molecular weight is 368 g/mol. The third-order valence-electron chi connectivity index (χ3n) is 2.54. The lowest BCUT2D eigenvalue weighted by Gasteiger charge is -2.10. The van der Waals surface area contributed by atoms with E-state index in [0.29, 0.717) is 12.6 Å². The highest BCUT2D eigenvalue weighted by Gasteiger charge is 2.31. The molecule has 0 fully saturated rings. The van der Waals surface area contributed by atoms with Crippen LogP contribution in [-0.4, -0.2) is 0 Å². The van der Waals surface area contributed by atoms with Crippen LogP contribution in [0.2, 0.25) is 0 Å². The second-order valence-electron chi connectivity index (χ2n) is 4.18. The van der Waals surface area contributed by atoms with Gasteiger partial charge in [-0.05, 0) is 45.8 Å². The average Bonchev–Trinajstić information content (AvgIpc) is 2.73. The number of benzene rings is 1. The van der Waals surface area contributed by atoms with Crippen LogP contribution in [0.25, 0.3) is 0 Å². The number of hydrogen-bond acceptors (Lipinski definition) is 2. The molecule has 0 radical (unpaired) electrons. The minimum absolute atomic E-state index is 0.177. The molecule has 0 aliphatic heterocycles. The van der Waals surface area contributed by atoms with Gasteiger partial charge in [-0.2, -0.15) is 13.2 Å². The fourth-order valence-corrected chi connectivity index (χ4v) is 3.11. The largest absolute Gasteiger partial charge is 0.416 e. The molecule has 1 heterocycles. The summed E-state index contributed by atoms with van der Waals surface area (Å²) in [6, 6.07) is 4.48. The van der Waals surface area contributed by atoms with E-state index in [1.54, 1.807) is 0 Å². The molecule has 1 N–H and O–H groups in total. The van der Waals surface area contributed by atoms with E-state index in [2.05, 4.69) is 21.2 Å². The molecule has 2 rings (SSSR count). The van der Waals surface area contributed by atoms with Crippen LogP contribution in [0, 0.1) is 5.82 Å². The highest BCUT2D eigenvalue weighted by Crippen LogP contribution is 2.30. The van der Waals surface area contributed by atoms with E-state index in [0.717, 1.165) is 21.5 Å². The third-order valence-corrected chi connectivity index (χ3v) is 4.23. The summed E-state index contributed by atoms with van der Waals surface area (Å²) in [6.07, 6.45) is -4.53. The second-order valence-corrected chi connectivity index (χ2v) is 6.09. The molecule has 1 nitrogen and oxygen atoms in total. The molecule has 20 heavy (non-hydrogen) atoms. The van der Waals surface area contributed by atoms with Crippen molar-refractivity contribution in [1.29, 1.82) is 0 Å². The highest BCUT2D eigenvalue weighted by molar-refractivity contribution is 9.10. The number of nitrogens with one attached hydrogen (secondary N) is 1. The van der Waals surface area contributed by atoms with Gasteiger partial charge in [-0.25, -0.2) is 4.39 Å². The molecule has 0 saturated carbocycles. The Morgan fingerprint density at radius 1 is 1.10 bits per heavy atom. The van der Waals surface area contributed by atoms with Gasteiger partial charge in [-0.1, -0.05) is 0 Å². The van der Waals surface area contributed by atoms with Gasteiger partial charge in [0, 0.05) is 27.8 Å². The van der Waals surface area contributed by atoms with Gasteiger partial charge in [0.1, 0.15) is 5.82 Å². The van der Waals surface area contributed by atoms with Crippen molar-refractivity contribution in [2.75, 3.05) is 0 Å². The van der Waals surface area contributed by atoms with Crippen molar-refractivity contribution in [2.24, 2.45) is 0 Å². The second kappa shape index (κ2) is 6.24. The van der Waals surface area contributed by atoms with Crippen LogP contribution in [0.15, 0.2) is 34.1 Å². The van der Waals surface area contributed by atoms with Gasteiger partial charge in [0.25, 0.3) is 0 Å². The van der Waals surface area contributed by atoms with E-state index in [-0.39, 0.29) is 12.1 Å². The van der Waals surface area contributed by atoms with Crippen molar-refractivity contribution in [3.63, 3.8) is 0 Å². The van der Waals surface area contributed by atoms with E-state index in [9.17, 15) is 17.6 Å². The van der Waals surface area contributed by atoms with Crippen LogP contribution in [0.4, 0.5) is 17.6 Å². The van der Waals surface area contributed by atoms with E-state index in [4.69, 9.17) is 0 Å². The molecule has 1 aromatic heterocycles. The van der Waals surface area contributed by atoms with Gasteiger partial charge in [-0.3, -0.25) is 0 Å². The maximum absolute atomic E-state index is 13.2. The first-order valence-corrected chi connectivity index (χ1v) is 7.32. The summed E-state index contributed by atoms with van der Waals surface area (Å²) in [5.74, 6) is -0.879. The third kappa shape index (κ3) is 4.29. The van der Waals surface area contributed by atoms with Crippen LogP contribution in [-0.2, 0) is 19.3 Å². The Hall–Kier alpha value is -0.920. The fourth-order valence-electron chi connectivity index (χ4n) is 1.69. The van der Waals surface area contributed by atoms with Gasteiger partial charge < -0.3 is 5.32 Å². The Bertz CT molecular complexity index is 594. The zero-order valence-corrected chi connectivity index (χ0v) is 12.5. The summed E-state index contributed by atoms with van der Waals surface area (Å²) in [6.45, 7) is 0.699. The number of rotatable bonds is 4.